The number of thiophene rings is 1. The van der Waals surface area contributed by atoms with E-state index in [9.17, 15) is 4.79 Å². The number of hydrogen-bond acceptors (Lipinski definition) is 7. The van der Waals surface area contributed by atoms with Crippen LogP contribution in [0, 0.1) is 0 Å². The Morgan fingerprint density at radius 2 is 2.14 bits per heavy atom. The minimum atomic E-state index is -0.507. The zero-order valence-electron chi connectivity index (χ0n) is 15.1. The molecule has 4 N–H and O–H groups in total. The number of piperidine rings is 1. The van der Waals surface area contributed by atoms with E-state index < -0.39 is 5.91 Å². The number of amides is 1. The Morgan fingerprint density at radius 3 is 2.96 bits per heavy atom. The van der Waals surface area contributed by atoms with Gasteiger partial charge in [0, 0.05) is 24.7 Å². The molecule has 1 unspecified atom stereocenters. The predicted octanol–water partition coefficient (Wildman–Crippen LogP) is 3.50. The lowest BCUT2D eigenvalue weighted by Crippen LogP contribution is -2.34. The Kier molecular flexibility index (Phi) is 3.94. The van der Waals surface area contributed by atoms with E-state index in [2.05, 4.69) is 14.9 Å². The molecule has 5 rings (SSSR count). The number of nitrogens with two attached hydrogens (primary N) is 2. The highest BCUT2D eigenvalue weighted by molar-refractivity contribution is 7.21. The monoisotopic (exact) mass is 393 g/mol. The highest BCUT2D eigenvalue weighted by Crippen LogP contribution is 2.41. The number of carbonyl (C=O) groups excluding carboxylic acids is 1. The molecule has 1 amide bonds. The maximum atomic E-state index is 11.7. The van der Waals surface area contributed by atoms with Gasteiger partial charge in [0.25, 0.3) is 5.91 Å². The first kappa shape index (κ1) is 17.0. The molecular formula is C20H19N5O2S. The van der Waals surface area contributed by atoms with Crippen LogP contribution in [0.4, 0.5) is 11.4 Å². The van der Waals surface area contributed by atoms with Gasteiger partial charge in [0.15, 0.2) is 11.5 Å². The van der Waals surface area contributed by atoms with Crippen molar-refractivity contribution in [3.8, 4) is 0 Å². The number of rotatable bonds is 3. The van der Waals surface area contributed by atoms with Crippen molar-refractivity contribution >= 4 is 49.8 Å². The molecule has 28 heavy (non-hydrogen) atoms. The normalized spacial score (nSPS) is 17.4. The number of hydrogen-bond donors (Lipinski definition) is 2. The largest absolute Gasteiger partial charge is 0.440 e. The number of primary amides is 1. The maximum absolute atomic E-state index is 11.7. The fourth-order valence-corrected chi connectivity index (χ4v) is 4.91. The van der Waals surface area contributed by atoms with Crippen LogP contribution in [0.1, 0.15) is 34.3 Å². The van der Waals surface area contributed by atoms with Crippen LogP contribution in [-0.4, -0.2) is 29.0 Å². The third-order valence-corrected chi connectivity index (χ3v) is 6.42. The first-order valence-electron chi connectivity index (χ1n) is 9.18. The summed E-state index contributed by atoms with van der Waals surface area (Å²) in [5.74, 6) is 0.446. The van der Waals surface area contributed by atoms with Gasteiger partial charge < -0.3 is 20.8 Å². The first-order chi connectivity index (χ1) is 13.6. The Labute approximate surface area is 165 Å². The molecule has 142 valence electrons. The van der Waals surface area contributed by atoms with Crippen molar-refractivity contribution in [2.45, 2.75) is 18.8 Å². The standard InChI is InChI=1S/C20H19N5O2S/c21-17-16-13(8-23-9-15(16)28-18(17)19(22)26)25-7-3-4-11(10-25)20-24-12-5-1-2-6-14(12)27-20/h1-2,5-6,8-9,11H,3-4,7,10,21H2,(H2,22,26). The van der Waals surface area contributed by atoms with Gasteiger partial charge in [-0.05, 0) is 25.0 Å². The van der Waals surface area contributed by atoms with Crippen molar-refractivity contribution in [1.29, 1.82) is 0 Å². The molecule has 4 aromatic rings. The third kappa shape index (κ3) is 2.68. The number of carbonyl (C=O) groups is 1. The third-order valence-electron chi connectivity index (χ3n) is 5.26. The van der Waals surface area contributed by atoms with Crippen molar-refractivity contribution in [3.63, 3.8) is 0 Å². The van der Waals surface area contributed by atoms with Crippen LogP contribution in [0.3, 0.4) is 0 Å². The molecule has 1 aromatic carbocycles. The van der Waals surface area contributed by atoms with Crippen molar-refractivity contribution < 1.29 is 9.21 Å². The smallest absolute Gasteiger partial charge is 0.260 e. The molecule has 8 heteroatoms. The second-order valence-electron chi connectivity index (χ2n) is 7.05. The van der Waals surface area contributed by atoms with Crippen molar-refractivity contribution in [2.24, 2.45) is 5.73 Å². The minimum Gasteiger partial charge on any atom is -0.440 e. The summed E-state index contributed by atoms with van der Waals surface area (Å²) in [6.45, 7) is 1.65. The fourth-order valence-electron chi connectivity index (χ4n) is 3.94. The first-order valence-corrected chi connectivity index (χ1v) is 9.99. The summed E-state index contributed by atoms with van der Waals surface area (Å²) in [7, 11) is 0. The molecule has 1 fully saturated rings. The van der Waals surface area contributed by atoms with E-state index >= 15 is 0 Å². The maximum Gasteiger partial charge on any atom is 0.260 e. The molecule has 0 aliphatic carbocycles. The summed E-state index contributed by atoms with van der Waals surface area (Å²) in [6.07, 6.45) is 5.56. The fraction of sp³-hybridized carbons (Fsp3) is 0.250. The summed E-state index contributed by atoms with van der Waals surface area (Å²) in [6, 6.07) is 7.82. The number of nitrogen functional groups attached to an aromatic ring is 1. The average molecular weight is 393 g/mol. The van der Waals surface area contributed by atoms with E-state index in [-0.39, 0.29) is 5.92 Å². The van der Waals surface area contributed by atoms with Gasteiger partial charge in [-0.2, -0.15) is 0 Å². The quantitative estimate of drug-likeness (QED) is 0.551. The number of oxazole rings is 1. The topological polar surface area (TPSA) is 111 Å². The average Bonchev–Trinajstić information content (AvgIpc) is 3.29. The molecule has 1 aliphatic rings. The van der Waals surface area contributed by atoms with E-state index in [4.69, 9.17) is 15.9 Å². The van der Waals surface area contributed by atoms with E-state index in [0.29, 0.717) is 10.6 Å². The van der Waals surface area contributed by atoms with Gasteiger partial charge in [-0.25, -0.2) is 4.98 Å². The van der Waals surface area contributed by atoms with Crippen molar-refractivity contribution in [2.75, 3.05) is 23.7 Å². The summed E-state index contributed by atoms with van der Waals surface area (Å²) in [5, 5.41) is 0.854. The van der Waals surface area contributed by atoms with Gasteiger partial charge in [-0.3, -0.25) is 9.78 Å². The molecule has 3 aromatic heterocycles. The lowest BCUT2D eigenvalue weighted by atomic mass is 9.97. The van der Waals surface area contributed by atoms with Gasteiger partial charge in [0.05, 0.1) is 28.2 Å². The molecule has 1 saturated heterocycles. The van der Waals surface area contributed by atoms with Crippen molar-refractivity contribution in [1.82, 2.24) is 9.97 Å². The number of fused-ring (bicyclic) bond motifs is 2. The van der Waals surface area contributed by atoms with E-state index in [0.717, 1.165) is 58.7 Å². The number of nitrogens with zero attached hydrogens (tertiary/aromatic N) is 3. The summed E-state index contributed by atoms with van der Waals surface area (Å²) >= 11 is 1.29. The van der Waals surface area contributed by atoms with Crippen LogP contribution in [-0.2, 0) is 0 Å². The van der Waals surface area contributed by atoms with E-state index in [1.54, 1.807) is 6.20 Å². The highest BCUT2D eigenvalue weighted by atomic mass is 32.1. The lowest BCUT2D eigenvalue weighted by Gasteiger charge is -2.33. The van der Waals surface area contributed by atoms with Crippen LogP contribution < -0.4 is 16.4 Å². The number of pyridine rings is 1. The van der Waals surface area contributed by atoms with Crippen LogP contribution in [0.25, 0.3) is 21.2 Å². The number of para-hydroxylation sites is 2. The highest BCUT2D eigenvalue weighted by Gasteiger charge is 2.28. The van der Waals surface area contributed by atoms with Crippen LogP contribution in [0.5, 0.6) is 0 Å². The Bertz CT molecular complexity index is 1160. The SMILES string of the molecule is NC(=O)c1sc2cncc(N3CCCC(c4nc5ccccc5o4)C3)c2c1N. The van der Waals surface area contributed by atoms with Gasteiger partial charge in [0.2, 0.25) is 0 Å². The Balaban J connectivity index is 1.52. The molecular weight excluding hydrogens is 374 g/mol. The van der Waals surface area contributed by atoms with E-state index in [1.165, 1.54) is 11.3 Å². The van der Waals surface area contributed by atoms with Gasteiger partial charge >= 0.3 is 0 Å². The van der Waals surface area contributed by atoms with Gasteiger partial charge in [0.1, 0.15) is 10.4 Å². The molecule has 1 aliphatic heterocycles. The number of aromatic nitrogens is 2. The lowest BCUT2D eigenvalue weighted by molar-refractivity contribution is 0.100. The van der Waals surface area contributed by atoms with Gasteiger partial charge in [-0.1, -0.05) is 12.1 Å². The zero-order valence-corrected chi connectivity index (χ0v) is 15.9. The molecule has 0 spiro atoms. The number of benzene rings is 1. The summed E-state index contributed by atoms with van der Waals surface area (Å²) < 4.78 is 6.87. The Morgan fingerprint density at radius 1 is 1.29 bits per heavy atom. The second-order valence-corrected chi connectivity index (χ2v) is 8.10. The molecule has 0 radical (unpaired) electrons. The molecule has 4 heterocycles. The van der Waals surface area contributed by atoms with Gasteiger partial charge in [-0.15, -0.1) is 11.3 Å². The minimum absolute atomic E-state index is 0.187. The molecule has 0 saturated carbocycles. The second kappa shape index (κ2) is 6.49. The molecule has 1 atom stereocenters. The molecule has 0 bridgehead atoms. The summed E-state index contributed by atoms with van der Waals surface area (Å²) in [4.78, 5) is 23.4. The van der Waals surface area contributed by atoms with Crippen LogP contribution in [0.15, 0.2) is 41.1 Å². The summed E-state index contributed by atoms with van der Waals surface area (Å²) in [5.41, 5.74) is 14.8. The number of anilines is 2. The molecule has 7 nitrogen and oxygen atoms in total. The predicted molar refractivity (Wildman–Crippen MR) is 111 cm³/mol. The Hall–Kier alpha value is -3.13. The van der Waals surface area contributed by atoms with Crippen LogP contribution >= 0.6 is 11.3 Å². The zero-order chi connectivity index (χ0) is 19.3. The van der Waals surface area contributed by atoms with Crippen LogP contribution in [0.2, 0.25) is 0 Å². The van der Waals surface area contributed by atoms with E-state index in [1.807, 2.05) is 30.5 Å². The van der Waals surface area contributed by atoms with Crippen molar-refractivity contribution in [3.05, 3.63) is 47.4 Å².